The first-order valence-electron chi connectivity index (χ1n) is 5.88. The van der Waals surface area contributed by atoms with Crippen LogP contribution in [0.3, 0.4) is 0 Å². The minimum atomic E-state index is -1.20. The van der Waals surface area contributed by atoms with Crippen molar-refractivity contribution in [2.24, 2.45) is 0 Å². The molecule has 0 aliphatic rings. The molecule has 5 nitrogen and oxygen atoms in total. The zero-order chi connectivity index (χ0) is 15.5. The van der Waals surface area contributed by atoms with Gasteiger partial charge in [0.25, 0.3) is 0 Å². The number of hydrogen-bond acceptors (Lipinski definition) is 4. The van der Waals surface area contributed by atoms with Gasteiger partial charge in [0.2, 0.25) is 5.95 Å². The lowest BCUT2D eigenvalue weighted by Gasteiger charge is -2.28. The van der Waals surface area contributed by atoms with Crippen LogP contribution in [0.25, 0.3) is 0 Å². The number of carbonyl (C=O) groups excluding carboxylic acids is 2. The van der Waals surface area contributed by atoms with Gasteiger partial charge in [-0.1, -0.05) is 11.6 Å². The molecule has 0 N–H and O–H groups in total. The highest BCUT2D eigenvalue weighted by atomic mass is 35.5. The first kappa shape index (κ1) is 16.4. The zero-order valence-corrected chi connectivity index (χ0v) is 12.4. The van der Waals surface area contributed by atoms with Crippen molar-refractivity contribution in [2.45, 2.75) is 32.4 Å². The molecule has 1 rings (SSSR count). The highest BCUT2D eigenvalue weighted by Crippen LogP contribution is 2.28. The maximum absolute atomic E-state index is 13.7. The van der Waals surface area contributed by atoms with E-state index in [1.165, 1.54) is 19.3 Å². The number of likely N-dealkylation sites (N-methyl/N-ethyl adjacent to an activating group) is 1. The fraction of sp³-hybridized carbons (Fsp3) is 0.462. The molecule has 110 valence electrons. The van der Waals surface area contributed by atoms with E-state index < -0.39 is 23.7 Å². The molecule has 1 heterocycles. The van der Waals surface area contributed by atoms with Crippen LogP contribution in [-0.4, -0.2) is 34.9 Å². The Labute approximate surface area is 121 Å². The van der Waals surface area contributed by atoms with Gasteiger partial charge in [-0.25, -0.2) is 9.78 Å². The Kier molecular flexibility index (Phi) is 5.05. The molecule has 0 fully saturated rings. The van der Waals surface area contributed by atoms with Crippen molar-refractivity contribution in [3.8, 4) is 0 Å². The molecular formula is C13H16ClFN2O3. The molecule has 0 spiro atoms. The largest absolute Gasteiger partial charge is 0.444 e. The second-order valence-corrected chi connectivity index (χ2v) is 5.58. The third kappa shape index (κ3) is 3.90. The summed E-state index contributed by atoms with van der Waals surface area (Å²) in [5, 5.41) is 0.0185. The average Bonchev–Trinajstić information content (AvgIpc) is 2.31. The lowest BCUT2D eigenvalue weighted by Crippen LogP contribution is -2.37. The second-order valence-electron chi connectivity index (χ2n) is 5.17. The van der Waals surface area contributed by atoms with Gasteiger partial charge in [0.15, 0.2) is 0 Å². The number of rotatable bonds is 3. The van der Waals surface area contributed by atoms with E-state index in [0.29, 0.717) is 6.29 Å². The van der Waals surface area contributed by atoms with Crippen molar-refractivity contribution in [3.63, 3.8) is 0 Å². The van der Waals surface area contributed by atoms with E-state index in [1.807, 2.05) is 0 Å². The number of amides is 1. The first-order valence-corrected chi connectivity index (χ1v) is 6.26. The summed E-state index contributed by atoms with van der Waals surface area (Å²) in [5.74, 6) is -0.898. The molecule has 7 heteroatoms. The lowest BCUT2D eigenvalue weighted by molar-refractivity contribution is -0.112. The van der Waals surface area contributed by atoms with Gasteiger partial charge in [-0.05, 0) is 26.8 Å². The summed E-state index contributed by atoms with van der Waals surface area (Å²) in [4.78, 5) is 27.5. The van der Waals surface area contributed by atoms with Gasteiger partial charge in [0, 0.05) is 13.2 Å². The van der Waals surface area contributed by atoms with Gasteiger partial charge in [-0.15, -0.1) is 0 Å². The Bertz CT molecular complexity index is 497. The monoisotopic (exact) mass is 302 g/mol. The number of pyridine rings is 1. The minimum Gasteiger partial charge on any atom is -0.444 e. The SMILES string of the molecule is CN(C(=O)OC(C)(C)C)C(C=O)c1c(Cl)ccnc1F. The average molecular weight is 303 g/mol. The van der Waals surface area contributed by atoms with E-state index in [2.05, 4.69) is 4.98 Å². The molecule has 0 saturated heterocycles. The van der Waals surface area contributed by atoms with E-state index in [-0.39, 0.29) is 10.6 Å². The quantitative estimate of drug-likeness (QED) is 0.636. The number of nitrogens with zero attached hydrogens (tertiary/aromatic N) is 2. The fourth-order valence-electron chi connectivity index (χ4n) is 1.49. The second kappa shape index (κ2) is 6.17. The Morgan fingerprint density at radius 1 is 1.55 bits per heavy atom. The summed E-state index contributed by atoms with van der Waals surface area (Å²) in [6.07, 6.45) is 0.834. The van der Waals surface area contributed by atoms with Crippen molar-refractivity contribution in [1.29, 1.82) is 0 Å². The van der Waals surface area contributed by atoms with Gasteiger partial charge in [-0.3, -0.25) is 4.90 Å². The smallest absolute Gasteiger partial charge is 0.410 e. The molecular weight excluding hydrogens is 287 g/mol. The molecule has 0 aliphatic carbocycles. The van der Waals surface area contributed by atoms with E-state index in [4.69, 9.17) is 16.3 Å². The summed E-state index contributed by atoms with van der Waals surface area (Å²) in [5.41, 5.74) is -0.881. The van der Waals surface area contributed by atoms with Gasteiger partial charge >= 0.3 is 6.09 Å². The Morgan fingerprint density at radius 3 is 2.60 bits per heavy atom. The molecule has 1 unspecified atom stereocenters. The molecule has 0 saturated carbocycles. The third-order valence-corrected chi connectivity index (χ3v) is 2.74. The first-order chi connectivity index (χ1) is 9.17. The fourth-order valence-corrected chi connectivity index (χ4v) is 1.74. The Morgan fingerprint density at radius 2 is 2.15 bits per heavy atom. The number of ether oxygens (including phenoxy) is 1. The van der Waals surface area contributed by atoms with Gasteiger partial charge < -0.3 is 9.53 Å². The normalized spacial score (nSPS) is 12.7. The van der Waals surface area contributed by atoms with E-state index in [1.54, 1.807) is 20.8 Å². The highest BCUT2D eigenvalue weighted by Gasteiger charge is 2.29. The number of halogens is 2. The summed E-state index contributed by atoms with van der Waals surface area (Å²) >= 11 is 5.87. The molecule has 1 amide bonds. The predicted molar refractivity (Wildman–Crippen MR) is 72.0 cm³/mol. The van der Waals surface area contributed by atoms with Crippen LogP contribution in [-0.2, 0) is 9.53 Å². The Balaban J connectivity index is 3.08. The van der Waals surface area contributed by atoms with Crippen molar-refractivity contribution in [1.82, 2.24) is 9.88 Å². The molecule has 1 aromatic rings. The third-order valence-electron chi connectivity index (χ3n) is 2.41. The highest BCUT2D eigenvalue weighted by molar-refractivity contribution is 6.31. The number of carbonyl (C=O) groups is 2. The van der Waals surface area contributed by atoms with Crippen molar-refractivity contribution >= 4 is 24.0 Å². The van der Waals surface area contributed by atoms with E-state index in [9.17, 15) is 14.0 Å². The standard InChI is InChI=1S/C13H16ClFN2O3/c1-13(2,3)20-12(19)17(4)9(7-18)10-8(14)5-6-16-11(10)15/h5-7,9H,1-4H3. The van der Waals surface area contributed by atoms with Crippen LogP contribution < -0.4 is 0 Å². The van der Waals surface area contributed by atoms with E-state index >= 15 is 0 Å². The van der Waals surface area contributed by atoms with Crippen LogP contribution in [0.15, 0.2) is 12.3 Å². The number of hydrogen-bond donors (Lipinski definition) is 0. The minimum absolute atomic E-state index is 0.0185. The van der Waals surface area contributed by atoms with Crippen LogP contribution in [0.1, 0.15) is 32.4 Å². The molecule has 20 heavy (non-hydrogen) atoms. The molecule has 0 bridgehead atoms. The van der Waals surface area contributed by atoms with Crippen molar-refractivity contribution in [3.05, 3.63) is 28.8 Å². The van der Waals surface area contributed by atoms with Crippen LogP contribution in [0.5, 0.6) is 0 Å². The number of aromatic nitrogens is 1. The van der Waals surface area contributed by atoms with Crippen molar-refractivity contribution < 1.29 is 18.7 Å². The topological polar surface area (TPSA) is 59.5 Å². The summed E-state index contributed by atoms with van der Waals surface area (Å²) in [7, 11) is 1.33. The lowest BCUT2D eigenvalue weighted by atomic mass is 10.1. The molecule has 1 aromatic heterocycles. The zero-order valence-electron chi connectivity index (χ0n) is 11.7. The van der Waals surface area contributed by atoms with Crippen LogP contribution in [0.4, 0.5) is 9.18 Å². The summed E-state index contributed by atoms with van der Waals surface area (Å²) < 4.78 is 18.8. The maximum atomic E-state index is 13.7. The van der Waals surface area contributed by atoms with Crippen molar-refractivity contribution in [2.75, 3.05) is 7.05 Å². The van der Waals surface area contributed by atoms with Gasteiger partial charge in [0.1, 0.15) is 17.9 Å². The Hall–Kier alpha value is -1.69. The summed E-state index contributed by atoms with van der Waals surface area (Å²) in [6, 6.07) is 0.144. The molecule has 1 atom stereocenters. The number of aldehydes is 1. The van der Waals surface area contributed by atoms with Gasteiger partial charge in [0.05, 0.1) is 10.6 Å². The molecule has 0 aromatic carbocycles. The molecule has 0 aliphatic heterocycles. The van der Waals surface area contributed by atoms with Crippen LogP contribution in [0.2, 0.25) is 5.02 Å². The maximum Gasteiger partial charge on any atom is 0.410 e. The summed E-state index contributed by atoms with van der Waals surface area (Å²) in [6.45, 7) is 5.06. The molecule has 0 radical (unpaired) electrons. The predicted octanol–water partition coefficient (Wildman–Crippen LogP) is 2.98. The van der Waals surface area contributed by atoms with Gasteiger partial charge in [-0.2, -0.15) is 4.39 Å². The van der Waals surface area contributed by atoms with E-state index in [0.717, 1.165) is 4.90 Å². The van der Waals surface area contributed by atoms with Crippen LogP contribution >= 0.6 is 11.6 Å². The van der Waals surface area contributed by atoms with Crippen LogP contribution in [0, 0.1) is 5.95 Å².